The maximum Gasteiger partial charge on any atom is 0.256 e. The molecule has 6 heteroatoms. The molecule has 0 unspecified atom stereocenters. The summed E-state index contributed by atoms with van der Waals surface area (Å²) in [6.07, 6.45) is 0. The first kappa shape index (κ1) is 61.9. The van der Waals surface area contributed by atoms with E-state index in [4.69, 9.17) is 14.7 Å². The molecule has 474 valence electrons. The van der Waals surface area contributed by atoms with Gasteiger partial charge in [0, 0.05) is 50.4 Å². The first-order valence-electron chi connectivity index (χ1n) is 34.3. The zero-order valence-corrected chi connectivity index (χ0v) is 59.0. The summed E-state index contributed by atoms with van der Waals surface area (Å²) < 4.78 is 7.54. The predicted octanol–water partition coefficient (Wildman–Crippen LogP) is 21.8. The van der Waals surface area contributed by atoms with Crippen LogP contribution in [0.1, 0.15) is 181 Å². The standard InChI is InChI=1S/C89H89BN4O/c1-83(2,3)56-45-55(46-57(48-56)84(4,5)6)54-41-44-77-70(47-54)90-69-43-42-60(93-73-37-25-23-33-67(73)89(68-34-24-26-38-74(68)93)65-31-21-19-29-61(65)62-30-20-22-32-66(62)89)53-75(69)94(76-51-59(86(10,11)12)52-78(95-77)81(76)90)82-63(71-35-27-39-79(91-71)87(13,14)15)49-58(85(7,8)9)50-64(82)72-36-28-40-80(92-72)88(16,17)18/h19-53H,1-18H3. The topological polar surface area (TPSA) is 41.5 Å². The second-order valence-corrected chi connectivity index (χ2v) is 33.5. The van der Waals surface area contributed by atoms with E-state index in [9.17, 15) is 0 Å². The molecule has 15 rings (SSSR count). The van der Waals surface area contributed by atoms with Crippen molar-refractivity contribution in [3.05, 3.63) is 268 Å². The summed E-state index contributed by atoms with van der Waals surface area (Å²) in [6.45, 7) is 41.3. The first-order valence-corrected chi connectivity index (χ1v) is 34.3. The van der Waals surface area contributed by atoms with E-state index >= 15 is 0 Å². The fourth-order valence-electron chi connectivity index (χ4n) is 15.4. The van der Waals surface area contributed by atoms with Crippen LogP contribution in [0.25, 0.3) is 44.8 Å². The molecule has 0 saturated carbocycles. The number of para-hydroxylation sites is 2. The summed E-state index contributed by atoms with van der Waals surface area (Å²) >= 11 is 0. The number of rotatable bonds is 5. The van der Waals surface area contributed by atoms with Crippen molar-refractivity contribution in [2.75, 3.05) is 9.80 Å². The molecule has 0 radical (unpaired) electrons. The van der Waals surface area contributed by atoms with E-state index in [0.29, 0.717) is 0 Å². The van der Waals surface area contributed by atoms with E-state index in [-0.39, 0.29) is 39.2 Å². The summed E-state index contributed by atoms with van der Waals surface area (Å²) in [4.78, 5) is 16.7. The minimum absolute atomic E-state index is 0.0621. The Morgan fingerprint density at radius 2 is 0.800 bits per heavy atom. The average Bonchev–Trinajstić information content (AvgIpc) is 1.65. The molecule has 4 aliphatic rings. The van der Waals surface area contributed by atoms with Gasteiger partial charge in [0.05, 0.1) is 33.9 Å². The molecule has 1 aliphatic carbocycles. The highest BCUT2D eigenvalue weighted by Crippen LogP contribution is 2.64. The molecular weight excluding hydrogens is 1150 g/mol. The molecule has 95 heavy (non-hydrogen) atoms. The first-order chi connectivity index (χ1) is 44.9. The van der Waals surface area contributed by atoms with Crippen molar-refractivity contribution in [1.82, 2.24) is 9.97 Å². The van der Waals surface area contributed by atoms with Gasteiger partial charge in [-0.2, -0.15) is 0 Å². The maximum atomic E-state index is 7.54. The summed E-state index contributed by atoms with van der Waals surface area (Å²) in [5.41, 5.74) is 29.4. The summed E-state index contributed by atoms with van der Waals surface area (Å²) in [5.74, 6) is 1.75. The lowest BCUT2D eigenvalue weighted by Gasteiger charge is -2.46. The molecule has 11 aromatic rings. The smallest absolute Gasteiger partial charge is 0.256 e. The van der Waals surface area contributed by atoms with Crippen LogP contribution in [0, 0.1) is 0 Å². The van der Waals surface area contributed by atoms with Gasteiger partial charge in [0.1, 0.15) is 11.5 Å². The number of aromatic nitrogens is 2. The summed E-state index contributed by atoms with van der Waals surface area (Å²) in [6, 6.07) is 81.2. The van der Waals surface area contributed by atoms with Gasteiger partial charge in [0.2, 0.25) is 0 Å². The van der Waals surface area contributed by atoms with Crippen LogP contribution in [0.2, 0.25) is 0 Å². The zero-order valence-electron chi connectivity index (χ0n) is 59.0. The third-order valence-electron chi connectivity index (χ3n) is 20.7. The Hall–Kier alpha value is -9.26. The van der Waals surface area contributed by atoms with E-state index in [1.54, 1.807) is 0 Å². The predicted molar refractivity (Wildman–Crippen MR) is 402 cm³/mol. The van der Waals surface area contributed by atoms with Crippen LogP contribution in [0.4, 0.5) is 34.1 Å². The SMILES string of the molecule is CC(C)(C)c1cc(-c2ccc3c(c2)B2c4ccc(N5c6ccccc6C6(c7ccccc7-c7ccccc76)c6ccccc65)cc4N(c4c(-c5cccc(C(C)(C)C)n5)cc(C(C)(C)C)cc4-c4cccc(C(C)(C)C)n4)c4cc(C(C)(C)C)cc(c42)O3)cc(C(C)(C)C)c1. The van der Waals surface area contributed by atoms with E-state index < -0.39 is 5.41 Å². The van der Waals surface area contributed by atoms with Crippen LogP contribution in [-0.2, 0) is 37.9 Å². The van der Waals surface area contributed by atoms with Crippen molar-refractivity contribution in [2.24, 2.45) is 0 Å². The van der Waals surface area contributed by atoms with Gasteiger partial charge in [-0.25, -0.2) is 0 Å². The molecule has 2 aromatic heterocycles. The lowest BCUT2D eigenvalue weighted by molar-refractivity contribution is 0.483. The van der Waals surface area contributed by atoms with Crippen LogP contribution < -0.4 is 30.9 Å². The minimum Gasteiger partial charge on any atom is -0.458 e. The molecule has 0 saturated heterocycles. The van der Waals surface area contributed by atoms with Crippen LogP contribution in [0.5, 0.6) is 11.5 Å². The van der Waals surface area contributed by atoms with Crippen LogP contribution in [-0.4, -0.2) is 16.7 Å². The number of hydrogen-bond donors (Lipinski definition) is 0. The Morgan fingerprint density at radius 3 is 1.31 bits per heavy atom. The number of fused-ring (bicyclic) bond motifs is 13. The molecule has 0 bridgehead atoms. The highest BCUT2D eigenvalue weighted by atomic mass is 16.5. The normalized spacial score (nSPS) is 14.5. The average molecular weight is 1240 g/mol. The number of nitrogens with zero attached hydrogens (tertiary/aromatic N) is 4. The van der Waals surface area contributed by atoms with Crippen LogP contribution >= 0.6 is 0 Å². The molecule has 1 spiro atoms. The molecule has 9 aromatic carbocycles. The number of anilines is 6. The molecule has 5 nitrogen and oxygen atoms in total. The van der Waals surface area contributed by atoms with Crippen molar-refractivity contribution in [1.29, 1.82) is 0 Å². The second kappa shape index (κ2) is 21.4. The molecule has 5 heterocycles. The van der Waals surface area contributed by atoms with Gasteiger partial charge in [0.15, 0.2) is 0 Å². The van der Waals surface area contributed by atoms with E-state index in [2.05, 4.69) is 347 Å². The Balaban J connectivity index is 1.08. The van der Waals surface area contributed by atoms with E-state index in [1.807, 2.05) is 0 Å². The number of pyridine rings is 2. The largest absolute Gasteiger partial charge is 0.458 e. The van der Waals surface area contributed by atoms with Gasteiger partial charge in [-0.15, -0.1) is 0 Å². The third kappa shape index (κ3) is 10.0. The number of hydrogen-bond acceptors (Lipinski definition) is 5. The molecule has 0 N–H and O–H groups in total. The Labute approximate surface area is 565 Å². The lowest BCUT2D eigenvalue weighted by atomic mass is 9.34. The van der Waals surface area contributed by atoms with Crippen LogP contribution in [0.15, 0.2) is 212 Å². The molecule has 3 aliphatic heterocycles. The zero-order chi connectivity index (χ0) is 66.8. The Kier molecular flexibility index (Phi) is 13.9. The number of ether oxygens (including phenoxy) is 1. The summed E-state index contributed by atoms with van der Waals surface area (Å²) in [5, 5.41) is 0. The minimum atomic E-state index is -0.568. The maximum absolute atomic E-state index is 7.54. The van der Waals surface area contributed by atoms with E-state index in [0.717, 1.165) is 90.5 Å². The van der Waals surface area contributed by atoms with Crippen molar-refractivity contribution in [3.63, 3.8) is 0 Å². The number of benzene rings is 9. The molecule has 0 atom stereocenters. The second-order valence-electron chi connectivity index (χ2n) is 33.5. The Morgan fingerprint density at radius 1 is 0.326 bits per heavy atom. The quantitative estimate of drug-likeness (QED) is 0.161. The highest BCUT2D eigenvalue weighted by molar-refractivity contribution is 6.99. The van der Waals surface area contributed by atoms with Gasteiger partial charge in [-0.05, 0) is 184 Å². The van der Waals surface area contributed by atoms with Gasteiger partial charge in [-0.1, -0.05) is 258 Å². The van der Waals surface area contributed by atoms with Crippen LogP contribution in [0.3, 0.4) is 0 Å². The monoisotopic (exact) mass is 1240 g/mol. The molecular formula is C89H89BN4O. The fraction of sp³-hybridized carbons (Fsp3) is 0.281. The van der Waals surface area contributed by atoms with Crippen molar-refractivity contribution in [3.8, 4) is 56.3 Å². The van der Waals surface area contributed by atoms with Gasteiger partial charge in [-0.3, -0.25) is 9.97 Å². The highest BCUT2D eigenvalue weighted by Gasteiger charge is 2.52. The van der Waals surface area contributed by atoms with Crippen molar-refractivity contribution in [2.45, 2.75) is 163 Å². The van der Waals surface area contributed by atoms with Gasteiger partial charge < -0.3 is 14.5 Å². The lowest BCUT2D eigenvalue weighted by Crippen LogP contribution is -2.59. The molecule has 0 fully saturated rings. The fourth-order valence-corrected chi connectivity index (χ4v) is 15.4. The third-order valence-corrected chi connectivity index (χ3v) is 20.7. The van der Waals surface area contributed by atoms with Crippen molar-refractivity contribution >= 4 is 57.2 Å². The summed E-state index contributed by atoms with van der Waals surface area (Å²) in [7, 11) is 0. The Bertz CT molecular complexity index is 4760. The van der Waals surface area contributed by atoms with E-state index in [1.165, 1.54) is 72.2 Å². The van der Waals surface area contributed by atoms with Gasteiger partial charge >= 0.3 is 0 Å². The van der Waals surface area contributed by atoms with Gasteiger partial charge in [0.25, 0.3) is 6.71 Å². The molecule has 0 amide bonds. The van der Waals surface area contributed by atoms with Crippen molar-refractivity contribution < 1.29 is 4.74 Å².